The predicted octanol–water partition coefficient (Wildman–Crippen LogP) is 1.60. The van der Waals surface area contributed by atoms with E-state index in [1.54, 1.807) is 0 Å². The van der Waals surface area contributed by atoms with Gasteiger partial charge in [-0.05, 0) is 32.0 Å². The van der Waals surface area contributed by atoms with Crippen molar-refractivity contribution in [3.8, 4) is 5.75 Å². The number of hydrogen-bond acceptors (Lipinski definition) is 2. The molecule has 3 nitrogen and oxygen atoms in total. The summed E-state index contributed by atoms with van der Waals surface area (Å²) in [5.74, 6) is -0.773. The Kier molecular flexibility index (Phi) is 3.66. The highest BCUT2D eigenvalue weighted by Gasteiger charge is 2.09. The molecule has 0 saturated heterocycles. The number of nitrogens with one attached hydrogen (secondary N) is 1. The number of amides is 1. The average Bonchev–Trinajstić information content (AvgIpc) is 2.10. The molecule has 0 atom stereocenters. The third-order valence-electron chi connectivity index (χ3n) is 1.83. The van der Waals surface area contributed by atoms with Gasteiger partial charge in [-0.1, -0.05) is 0 Å². The molecule has 82 valence electrons. The number of hydrogen-bond donors (Lipinski definition) is 2. The van der Waals surface area contributed by atoms with Crippen molar-refractivity contribution in [3.63, 3.8) is 0 Å². The van der Waals surface area contributed by atoms with Gasteiger partial charge in [-0.25, -0.2) is 4.39 Å². The molecule has 1 aromatic carbocycles. The highest BCUT2D eigenvalue weighted by molar-refractivity contribution is 5.78. The third kappa shape index (κ3) is 3.58. The van der Waals surface area contributed by atoms with Gasteiger partial charge in [0.2, 0.25) is 5.91 Å². The van der Waals surface area contributed by atoms with Gasteiger partial charge in [-0.3, -0.25) is 4.79 Å². The van der Waals surface area contributed by atoms with Gasteiger partial charge in [0.05, 0.1) is 6.42 Å². The zero-order valence-electron chi connectivity index (χ0n) is 8.75. The van der Waals surface area contributed by atoms with Crippen LogP contribution >= 0.6 is 0 Å². The lowest BCUT2D eigenvalue weighted by atomic mass is 10.1. The Balaban J connectivity index is 2.71. The van der Waals surface area contributed by atoms with Crippen LogP contribution in [0.1, 0.15) is 19.4 Å². The number of aromatic hydroxyl groups is 1. The summed E-state index contributed by atoms with van der Waals surface area (Å²) in [4.78, 5) is 11.3. The maximum absolute atomic E-state index is 13.2. The summed E-state index contributed by atoms with van der Waals surface area (Å²) in [5.41, 5.74) is 0.202. The molecule has 15 heavy (non-hydrogen) atoms. The molecule has 1 aromatic rings. The van der Waals surface area contributed by atoms with Crippen LogP contribution in [0.3, 0.4) is 0 Å². The van der Waals surface area contributed by atoms with Crippen LogP contribution in [0.2, 0.25) is 0 Å². The zero-order valence-corrected chi connectivity index (χ0v) is 8.75. The van der Waals surface area contributed by atoms with Crippen molar-refractivity contribution >= 4 is 5.91 Å². The second-order valence-corrected chi connectivity index (χ2v) is 3.67. The fourth-order valence-electron chi connectivity index (χ4n) is 1.24. The molecule has 0 aliphatic rings. The first-order valence-corrected chi connectivity index (χ1v) is 4.76. The minimum atomic E-state index is -0.480. The number of carbonyl (C=O) groups excluding carboxylic acids is 1. The van der Waals surface area contributed by atoms with Gasteiger partial charge in [-0.15, -0.1) is 0 Å². The molecule has 4 heteroatoms. The van der Waals surface area contributed by atoms with Crippen molar-refractivity contribution < 1.29 is 14.3 Å². The van der Waals surface area contributed by atoms with Crippen LogP contribution in [0.15, 0.2) is 18.2 Å². The maximum Gasteiger partial charge on any atom is 0.224 e. The molecule has 0 fully saturated rings. The van der Waals surface area contributed by atoms with E-state index in [0.717, 1.165) is 6.07 Å². The molecule has 0 saturated carbocycles. The zero-order chi connectivity index (χ0) is 11.4. The predicted molar refractivity (Wildman–Crippen MR) is 55.0 cm³/mol. The Morgan fingerprint density at radius 3 is 2.80 bits per heavy atom. The number of carbonyl (C=O) groups is 1. The van der Waals surface area contributed by atoms with Gasteiger partial charge >= 0.3 is 0 Å². The van der Waals surface area contributed by atoms with E-state index >= 15 is 0 Å². The monoisotopic (exact) mass is 211 g/mol. The Hall–Kier alpha value is -1.58. The summed E-state index contributed by atoms with van der Waals surface area (Å²) in [6, 6.07) is 3.68. The summed E-state index contributed by atoms with van der Waals surface area (Å²) >= 11 is 0. The Labute approximate surface area is 87.9 Å². The third-order valence-corrected chi connectivity index (χ3v) is 1.83. The SMILES string of the molecule is CC(C)NC(=O)Cc1cc(O)ccc1F. The second-order valence-electron chi connectivity index (χ2n) is 3.67. The molecule has 0 bridgehead atoms. The molecule has 0 aliphatic heterocycles. The molecule has 0 aliphatic carbocycles. The van der Waals surface area contributed by atoms with Crippen molar-refractivity contribution in [2.75, 3.05) is 0 Å². The van der Waals surface area contributed by atoms with Crippen molar-refractivity contribution in [1.82, 2.24) is 5.32 Å². The molecule has 2 N–H and O–H groups in total. The van der Waals surface area contributed by atoms with Crippen LogP contribution in [0.25, 0.3) is 0 Å². The fraction of sp³-hybridized carbons (Fsp3) is 0.364. The van der Waals surface area contributed by atoms with Gasteiger partial charge < -0.3 is 10.4 Å². The average molecular weight is 211 g/mol. The largest absolute Gasteiger partial charge is 0.508 e. The first-order valence-electron chi connectivity index (χ1n) is 4.76. The molecule has 1 amide bonds. The number of halogens is 1. The number of benzene rings is 1. The van der Waals surface area contributed by atoms with Gasteiger partial charge in [0, 0.05) is 11.6 Å². The number of phenols is 1. The van der Waals surface area contributed by atoms with E-state index in [2.05, 4.69) is 5.32 Å². The summed E-state index contributed by atoms with van der Waals surface area (Å²) in [7, 11) is 0. The van der Waals surface area contributed by atoms with Crippen LogP contribution in [-0.4, -0.2) is 17.1 Å². The van der Waals surface area contributed by atoms with Crippen LogP contribution < -0.4 is 5.32 Å². The first kappa shape index (κ1) is 11.5. The normalized spacial score (nSPS) is 10.4. The minimum Gasteiger partial charge on any atom is -0.508 e. The topological polar surface area (TPSA) is 49.3 Å². The Morgan fingerprint density at radius 2 is 2.20 bits per heavy atom. The summed E-state index contributed by atoms with van der Waals surface area (Å²) in [6.07, 6.45) is -0.0571. The lowest BCUT2D eigenvalue weighted by molar-refractivity contribution is -0.120. The lowest BCUT2D eigenvalue weighted by Crippen LogP contribution is -2.31. The van der Waals surface area contributed by atoms with Crippen LogP contribution in [-0.2, 0) is 11.2 Å². The molecule has 0 radical (unpaired) electrons. The highest BCUT2D eigenvalue weighted by atomic mass is 19.1. The number of rotatable bonds is 3. The molecule has 0 heterocycles. The van der Waals surface area contributed by atoms with Gasteiger partial charge in [0.25, 0.3) is 0 Å². The van der Waals surface area contributed by atoms with Crippen molar-refractivity contribution in [2.45, 2.75) is 26.3 Å². The minimum absolute atomic E-state index is 0.0258. The van der Waals surface area contributed by atoms with E-state index in [-0.39, 0.29) is 29.7 Å². The van der Waals surface area contributed by atoms with Crippen molar-refractivity contribution in [2.24, 2.45) is 0 Å². The summed E-state index contributed by atoms with van der Waals surface area (Å²) in [5, 5.41) is 11.8. The second kappa shape index (κ2) is 4.77. The van der Waals surface area contributed by atoms with E-state index in [1.807, 2.05) is 13.8 Å². The van der Waals surface area contributed by atoms with Gasteiger partial charge in [0.1, 0.15) is 11.6 Å². The van der Waals surface area contributed by atoms with Gasteiger partial charge in [-0.2, -0.15) is 0 Å². The van der Waals surface area contributed by atoms with E-state index in [1.165, 1.54) is 12.1 Å². The molecule has 0 unspecified atom stereocenters. The maximum atomic E-state index is 13.2. The van der Waals surface area contributed by atoms with Crippen LogP contribution in [0.4, 0.5) is 4.39 Å². The first-order chi connectivity index (χ1) is 6.99. The molecule has 1 rings (SSSR count). The van der Waals surface area contributed by atoms with Crippen LogP contribution in [0, 0.1) is 5.82 Å². The fourth-order valence-corrected chi connectivity index (χ4v) is 1.24. The molecular weight excluding hydrogens is 197 g/mol. The molecular formula is C11H14FNO2. The summed E-state index contributed by atoms with van der Waals surface area (Å²) in [6.45, 7) is 3.66. The van der Waals surface area contributed by atoms with E-state index in [0.29, 0.717) is 0 Å². The van der Waals surface area contributed by atoms with E-state index in [9.17, 15) is 9.18 Å². The Morgan fingerprint density at radius 1 is 1.53 bits per heavy atom. The number of phenolic OH excluding ortho intramolecular Hbond substituents is 1. The quantitative estimate of drug-likeness (QED) is 0.797. The van der Waals surface area contributed by atoms with Crippen LogP contribution in [0.5, 0.6) is 5.75 Å². The van der Waals surface area contributed by atoms with Crippen molar-refractivity contribution in [3.05, 3.63) is 29.6 Å². The van der Waals surface area contributed by atoms with Crippen molar-refractivity contribution in [1.29, 1.82) is 0 Å². The summed E-state index contributed by atoms with van der Waals surface area (Å²) < 4.78 is 13.2. The lowest BCUT2D eigenvalue weighted by Gasteiger charge is -2.08. The van der Waals surface area contributed by atoms with Gasteiger partial charge in [0.15, 0.2) is 0 Å². The standard InChI is InChI=1S/C11H14FNO2/c1-7(2)13-11(15)6-8-5-9(14)3-4-10(8)12/h3-5,7,14H,6H2,1-2H3,(H,13,15). The molecule has 0 spiro atoms. The van der Waals surface area contributed by atoms with E-state index < -0.39 is 5.82 Å². The Bertz CT molecular complexity index is 364. The molecule has 0 aromatic heterocycles. The smallest absolute Gasteiger partial charge is 0.224 e. The highest BCUT2D eigenvalue weighted by Crippen LogP contribution is 2.15. The van der Waals surface area contributed by atoms with E-state index in [4.69, 9.17) is 5.11 Å².